The first-order chi connectivity index (χ1) is 11.9. The lowest BCUT2D eigenvalue weighted by molar-refractivity contribution is -0.0572. The molecule has 0 unspecified atom stereocenters. The summed E-state index contributed by atoms with van der Waals surface area (Å²) in [5.41, 5.74) is 0.746. The summed E-state index contributed by atoms with van der Waals surface area (Å²) in [6, 6.07) is 0.694. The fourth-order valence-electron chi connectivity index (χ4n) is 6.07. The molecule has 0 heterocycles. The number of fused-ring (bicyclic) bond motifs is 2. The van der Waals surface area contributed by atoms with Gasteiger partial charge in [0.2, 0.25) is 0 Å². The zero-order chi connectivity index (χ0) is 18.1. The Balaban J connectivity index is 1.41. The second-order valence-corrected chi connectivity index (χ2v) is 9.79. The van der Waals surface area contributed by atoms with Crippen molar-refractivity contribution in [1.82, 2.24) is 4.90 Å². The Hall–Kier alpha value is -0.120. The third kappa shape index (κ3) is 3.80. The van der Waals surface area contributed by atoms with Crippen molar-refractivity contribution < 1.29 is 9.84 Å². The van der Waals surface area contributed by atoms with E-state index in [1.165, 1.54) is 51.4 Å². The topological polar surface area (TPSA) is 32.7 Å². The van der Waals surface area contributed by atoms with Crippen LogP contribution in [-0.4, -0.2) is 48.0 Å². The molecule has 3 aliphatic carbocycles. The maximum atomic E-state index is 10.5. The van der Waals surface area contributed by atoms with Crippen molar-refractivity contribution in [2.24, 2.45) is 16.7 Å². The molecule has 146 valence electrons. The normalized spacial score (nSPS) is 36.2. The summed E-state index contributed by atoms with van der Waals surface area (Å²) in [5.74, 6) is 0.828. The Morgan fingerprint density at radius 2 is 1.84 bits per heavy atom. The molecule has 3 rings (SSSR count). The smallest absolute Gasteiger partial charge is 0.0689 e. The minimum absolute atomic E-state index is 0.249. The van der Waals surface area contributed by atoms with Crippen LogP contribution in [0.5, 0.6) is 0 Å². The van der Waals surface area contributed by atoms with Crippen LogP contribution < -0.4 is 0 Å². The van der Waals surface area contributed by atoms with Crippen molar-refractivity contribution in [2.75, 3.05) is 19.7 Å². The van der Waals surface area contributed by atoms with E-state index >= 15 is 0 Å². The van der Waals surface area contributed by atoms with Gasteiger partial charge in [-0.15, -0.1) is 0 Å². The molecular weight excluding hydrogens is 310 g/mol. The Bertz CT molecular complexity index is 432. The SMILES string of the molecule is CCN(C[C@@H](O)CCO[C@H]1C[C@H]2CC[C@@]1(C)C2(C)C)C1CCCCC1. The zero-order valence-corrected chi connectivity index (χ0v) is 17.1. The van der Waals surface area contributed by atoms with Gasteiger partial charge in [-0.25, -0.2) is 0 Å². The highest BCUT2D eigenvalue weighted by Crippen LogP contribution is 2.66. The molecule has 3 aliphatic rings. The van der Waals surface area contributed by atoms with Crippen LogP contribution in [0.4, 0.5) is 0 Å². The van der Waals surface area contributed by atoms with E-state index in [0.717, 1.165) is 25.4 Å². The number of rotatable bonds is 8. The number of ether oxygens (including phenoxy) is 1. The summed E-state index contributed by atoms with van der Waals surface area (Å²) >= 11 is 0. The third-order valence-corrected chi connectivity index (χ3v) is 8.43. The van der Waals surface area contributed by atoms with Gasteiger partial charge in [-0.1, -0.05) is 47.0 Å². The fraction of sp³-hybridized carbons (Fsp3) is 1.00. The van der Waals surface area contributed by atoms with Gasteiger partial charge in [0.25, 0.3) is 0 Å². The van der Waals surface area contributed by atoms with Crippen LogP contribution in [0, 0.1) is 16.7 Å². The van der Waals surface area contributed by atoms with Crippen molar-refractivity contribution in [3.63, 3.8) is 0 Å². The molecule has 3 heteroatoms. The average molecular weight is 352 g/mol. The molecule has 0 aliphatic heterocycles. The molecule has 3 nitrogen and oxygen atoms in total. The van der Waals surface area contributed by atoms with Crippen molar-refractivity contribution in [3.8, 4) is 0 Å². The molecule has 3 saturated carbocycles. The van der Waals surface area contributed by atoms with E-state index in [1.807, 2.05) is 0 Å². The van der Waals surface area contributed by atoms with Gasteiger partial charge < -0.3 is 9.84 Å². The standard InChI is InChI=1S/C22H41NO2/c1-5-23(18-9-7-6-8-10-18)16-19(24)12-14-25-20-15-17-11-13-22(20,4)21(17,2)3/h17-20,24H,5-16H2,1-4H3/t17-,19+,20+,22-/m1/s1. The van der Waals surface area contributed by atoms with Gasteiger partial charge in [0.15, 0.2) is 0 Å². The van der Waals surface area contributed by atoms with E-state index in [4.69, 9.17) is 4.74 Å². The quantitative estimate of drug-likeness (QED) is 0.692. The number of hydrogen-bond acceptors (Lipinski definition) is 3. The second kappa shape index (κ2) is 7.86. The van der Waals surface area contributed by atoms with Crippen LogP contribution in [-0.2, 0) is 4.74 Å². The van der Waals surface area contributed by atoms with Crippen molar-refractivity contribution in [2.45, 2.75) is 104 Å². The van der Waals surface area contributed by atoms with Gasteiger partial charge in [0.1, 0.15) is 0 Å². The average Bonchev–Trinajstić information content (AvgIpc) is 2.94. The minimum atomic E-state index is -0.249. The molecule has 2 bridgehead atoms. The van der Waals surface area contributed by atoms with Crippen LogP contribution in [0.15, 0.2) is 0 Å². The Morgan fingerprint density at radius 1 is 1.12 bits per heavy atom. The Labute approximate surface area is 155 Å². The molecule has 0 radical (unpaired) electrons. The molecule has 0 amide bonds. The highest BCUT2D eigenvalue weighted by molar-refractivity contribution is 5.11. The second-order valence-electron chi connectivity index (χ2n) is 9.79. The number of likely N-dealkylation sites (N-methyl/N-ethyl adjacent to an activating group) is 1. The van der Waals surface area contributed by atoms with E-state index < -0.39 is 0 Å². The Kier molecular flexibility index (Phi) is 6.17. The fourth-order valence-corrected chi connectivity index (χ4v) is 6.07. The van der Waals surface area contributed by atoms with Gasteiger partial charge in [0.05, 0.1) is 12.2 Å². The molecule has 3 fully saturated rings. The van der Waals surface area contributed by atoms with E-state index in [9.17, 15) is 5.11 Å². The first-order valence-electron chi connectivity index (χ1n) is 10.9. The van der Waals surface area contributed by atoms with Crippen LogP contribution in [0.3, 0.4) is 0 Å². The molecule has 0 spiro atoms. The summed E-state index contributed by atoms with van der Waals surface area (Å²) in [5, 5.41) is 10.5. The first kappa shape index (κ1) is 19.6. The third-order valence-electron chi connectivity index (χ3n) is 8.43. The highest BCUT2D eigenvalue weighted by Gasteiger charge is 2.61. The molecule has 0 aromatic rings. The maximum absolute atomic E-state index is 10.5. The van der Waals surface area contributed by atoms with Crippen LogP contribution in [0.2, 0.25) is 0 Å². The molecule has 25 heavy (non-hydrogen) atoms. The van der Waals surface area contributed by atoms with Crippen LogP contribution >= 0.6 is 0 Å². The van der Waals surface area contributed by atoms with E-state index in [1.54, 1.807) is 0 Å². The maximum Gasteiger partial charge on any atom is 0.0689 e. The van der Waals surface area contributed by atoms with Crippen molar-refractivity contribution in [3.05, 3.63) is 0 Å². The van der Waals surface area contributed by atoms with Gasteiger partial charge in [-0.05, 0) is 61.8 Å². The van der Waals surface area contributed by atoms with E-state index in [0.29, 0.717) is 29.6 Å². The monoisotopic (exact) mass is 351 g/mol. The first-order valence-corrected chi connectivity index (χ1v) is 10.9. The lowest BCUT2D eigenvalue weighted by Gasteiger charge is -2.39. The lowest BCUT2D eigenvalue weighted by atomic mass is 9.70. The van der Waals surface area contributed by atoms with Gasteiger partial charge in [-0.3, -0.25) is 4.90 Å². The molecule has 0 saturated heterocycles. The van der Waals surface area contributed by atoms with Crippen molar-refractivity contribution >= 4 is 0 Å². The number of nitrogens with zero attached hydrogens (tertiary/aromatic N) is 1. The summed E-state index contributed by atoms with van der Waals surface area (Å²) in [7, 11) is 0. The summed E-state index contributed by atoms with van der Waals surface area (Å²) < 4.78 is 6.33. The largest absolute Gasteiger partial charge is 0.392 e. The predicted molar refractivity (Wildman–Crippen MR) is 104 cm³/mol. The highest BCUT2D eigenvalue weighted by atomic mass is 16.5. The summed E-state index contributed by atoms with van der Waals surface area (Å²) in [6.07, 6.45) is 11.6. The molecular formula is C22H41NO2. The van der Waals surface area contributed by atoms with Gasteiger partial charge in [-0.2, -0.15) is 0 Å². The summed E-state index contributed by atoms with van der Waals surface area (Å²) in [4.78, 5) is 2.51. The molecule has 0 aromatic carbocycles. The predicted octanol–water partition coefficient (Wildman–Crippen LogP) is 4.62. The van der Waals surface area contributed by atoms with E-state index in [2.05, 4.69) is 32.6 Å². The van der Waals surface area contributed by atoms with E-state index in [-0.39, 0.29) is 6.10 Å². The molecule has 4 atom stereocenters. The summed E-state index contributed by atoms with van der Waals surface area (Å²) in [6.45, 7) is 12.1. The van der Waals surface area contributed by atoms with Gasteiger partial charge >= 0.3 is 0 Å². The van der Waals surface area contributed by atoms with Crippen molar-refractivity contribution in [1.29, 1.82) is 0 Å². The number of aliphatic hydroxyl groups excluding tert-OH is 1. The van der Waals surface area contributed by atoms with Crippen LogP contribution in [0.1, 0.15) is 85.5 Å². The Morgan fingerprint density at radius 3 is 2.40 bits per heavy atom. The lowest BCUT2D eigenvalue weighted by Crippen LogP contribution is -2.42. The molecule has 1 N–H and O–H groups in total. The number of hydrogen-bond donors (Lipinski definition) is 1. The molecule has 0 aromatic heterocycles. The minimum Gasteiger partial charge on any atom is -0.392 e. The zero-order valence-electron chi connectivity index (χ0n) is 17.1. The van der Waals surface area contributed by atoms with Gasteiger partial charge in [0, 0.05) is 19.2 Å². The van der Waals surface area contributed by atoms with Crippen LogP contribution in [0.25, 0.3) is 0 Å². The number of aliphatic hydroxyl groups is 1.